The van der Waals surface area contributed by atoms with Gasteiger partial charge in [0.1, 0.15) is 5.69 Å². The van der Waals surface area contributed by atoms with E-state index in [2.05, 4.69) is 24.3 Å². The maximum absolute atomic E-state index is 11.9. The Morgan fingerprint density at radius 3 is 2.69 bits per heavy atom. The molecule has 5 heteroatoms. The van der Waals surface area contributed by atoms with Crippen molar-refractivity contribution < 1.29 is 4.79 Å². The molecular formula is C11H18N4O. The Hall–Kier alpha value is -1.62. The highest BCUT2D eigenvalue weighted by molar-refractivity contribution is 5.92. The van der Waals surface area contributed by atoms with Crippen molar-refractivity contribution in [3.8, 4) is 0 Å². The number of aromatic nitrogens is 1. The SMILES string of the molecule is CC(C)CN(C)C(=O)c1ccc(NN)cn1. The van der Waals surface area contributed by atoms with Crippen molar-refractivity contribution in [2.24, 2.45) is 11.8 Å². The molecule has 1 heterocycles. The van der Waals surface area contributed by atoms with Crippen LogP contribution in [0.3, 0.4) is 0 Å². The van der Waals surface area contributed by atoms with Gasteiger partial charge < -0.3 is 10.3 Å². The topological polar surface area (TPSA) is 71.2 Å². The second kappa shape index (κ2) is 5.46. The number of rotatable bonds is 4. The Kier molecular flexibility index (Phi) is 4.25. The highest BCUT2D eigenvalue weighted by Crippen LogP contribution is 2.07. The molecule has 16 heavy (non-hydrogen) atoms. The number of hydrogen-bond donors (Lipinski definition) is 2. The van der Waals surface area contributed by atoms with Crippen LogP contribution < -0.4 is 11.3 Å². The van der Waals surface area contributed by atoms with E-state index in [0.29, 0.717) is 17.3 Å². The van der Waals surface area contributed by atoms with Crippen molar-refractivity contribution in [2.45, 2.75) is 13.8 Å². The summed E-state index contributed by atoms with van der Waals surface area (Å²) in [6, 6.07) is 3.39. The first-order valence-electron chi connectivity index (χ1n) is 5.22. The van der Waals surface area contributed by atoms with Gasteiger partial charge in [0.15, 0.2) is 0 Å². The first kappa shape index (κ1) is 12.4. The number of amides is 1. The summed E-state index contributed by atoms with van der Waals surface area (Å²) in [6.07, 6.45) is 1.54. The highest BCUT2D eigenvalue weighted by Gasteiger charge is 2.13. The molecule has 0 fully saturated rings. The molecule has 3 N–H and O–H groups in total. The monoisotopic (exact) mass is 222 g/mol. The van der Waals surface area contributed by atoms with Crippen molar-refractivity contribution in [1.29, 1.82) is 0 Å². The normalized spacial score (nSPS) is 10.3. The van der Waals surface area contributed by atoms with Crippen LogP contribution >= 0.6 is 0 Å². The lowest BCUT2D eigenvalue weighted by Crippen LogP contribution is -2.30. The third-order valence-corrected chi connectivity index (χ3v) is 2.13. The minimum Gasteiger partial charge on any atom is -0.340 e. The number of carbonyl (C=O) groups is 1. The number of nitrogens with one attached hydrogen (secondary N) is 1. The molecule has 0 aromatic carbocycles. The number of pyridine rings is 1. The van der Waals surface area contributed by atoms with Gasteiger partial charge in [-0.2, -0.15) is 0 Å². The summed E-state index contributed by atoms with van der Waals surface area (Å²) >= 11 is 0. The zero-order valence-electron chi connectivity index (χ0n) is 9.90. The third kappa shape index (κ3) is 3.20. The number of anilines is 1. The quantitative estimate of drug-likeness (QED) is 0.591. The van der Waals surface area contributed by atoms with Crippen LogP contribution in [-0.4, -0.2) is 29.4 Å². The molecule has 5 nitrogen and oxygen atoms in total. The van der Waals surface area contributed by atoms with Gasteiger partial charge in [0.25, 0.3) is 5.91 Å². The molecule has 1 amide bonds. The maximum atomic E-state index is 11.9. The van der Waals surface area contributed by atoms with E-state index in [4.69, 9.17) is 5.84 Å². The van der Waals surface area contributed by atoms with E-state index in [-0.39, 0.29) is 5.91 Å². The van der Waals surface area contributed by atoms with Gasteiger partial charge >= 0.3 is 0 Å². The van der Waals surface area contributed by atoms with Crippen LogP contribution in [0.25, 0.3) is 0 Å². The lowest BCUT2D eigenvalue weighted by Gasteiger charge is -2.18. The van der Waals surface area contributed by atoms with E-state index in [0.717, 1.165) is 6.54 Å². The third-order valence-electron chi connectivity index (χ3n) is 2.13. The van der Waals surface area contributed by atoms with Gasteiger partial charge in [0, 0.05) is 13.6 Å². The molecule has 0 aliphatic carbocycles. The van der Waals surface area contributed by atoms with Gasteiger partial charge in [0.2, 0.25) is 0 Å². The zero-order chi connectivity index (χ0) is 12.1. The first-order valence-corrected chi connectivity index (χ1v) is 5.22. The van der Waals surface area contributed by atoms with Crippen molar-refractivity contribution in [1.82, 2.24) is 9.88 Å². The van der Waals surface area contributed by atoms with E-state index in [1.54, 1.807) is 24.1 Å². The summed E-state index contributed by atoms with van der Waals surface area (Å²) in [5.74, 6) is 5.59. The number of nitrogen functional groups attached to an aromatic ring is 1. The summed E-state index contributed by atoms with van der Waals surface area (Å²) < 4.78 is 0. The van der Waals surface area contributed by atoms with Gasteiger partial charge in [-0.05, 0) is 18.1 Å². The Morgan fingerprint density at radius 2 is 2.25 bits per heavy atom. The van der Waals surface area contributed by atoms with Crippen molar-refractivity contribution in [3.63, 3.8) is 0 Å². The minimum absolute atomic E-state index is 0.0720. The Balaban J connectivity index is 2.72. The fourth-order valence-corrected chi connectivity index (χ4v) is 1.43. The summed E-state index contributed by atoms with van der Waals surface area (Å²) in [5.41, 5.74) is 3.58. The molecule has 0 aliphatic heterocycles. The molecule has 88 valence electrons. The van der Waals surface area contributed by atoms with Crippen LogP contribution in [0.2, 0.25) is 0 Å². The molecule has 0 atom stereocenters. The Labute approximate surface area is 95.6 Å². The molecule has 0 bridgehead atoms. The zero-order valence-corrected chi connectivity index (χ0v) is 9.90. The molecule has 0 saturated heterocycles. The predicted octanol–water partition coefficient (Wildman–Crippen LogP) is 1.10. The van der Waals surface area contributed by atoms with Crippen LogP contribution in [0.4, 0.5) is 5.69 Å². The molecule has 0 spiro atoms. The van der Waals surface area contributed by atoms with Crippen LogP contribution in [0.5, 0.6) is 0 Å². The van der Waals surface area contributed by atoms with Gasteiger partial charge in [-0.15, -0.1) is 0 Å². The van der Waals surface area contributed by atoms with E-state index in [1.807, 2.05) is 0 Å². The summed E-state index contributed by atoms with van der Waals surface area (Å²) in [7, 11) is 1.78. The fraction of sp³-hybridized carbons (Fsp3) is 0.455. The number of nitrogens with two attached hydrogens (primary N) is 1. The minimum atomic E-state index is -0.0720. The van der Waals surface area contributed by atoms with E-state index >= 15 is 0 Å². The van der Waals surface area contributed by atoms with Crippen molar-refractivity contribution in [3.05, 3.63) is 24.0 Å². The molecular weight excluding hydrogens is 204 g/mol. The van der Waals surface area contributed by atoms with E-state index in [1.165, 1.54) is 6.20 Å². The molecule has 0 saturated carbocycles. The smallest absolute Gasteiger partial charge is 0.272 e. The molecule has 1 rings (SSSR count). The average molecular weight is 222 g/mol. The van der Waals surface area contributed by atoms with Crippen molar-refractivity contribution in [2.75, 3.05) is 19.0 Å². The predicted molar refractivity (Wildman–Crippen MR) is 63.8 cm³/mol. The Bertz CT molecular complexity index is 348. The highest BCUT2D eigenvalue weighted by atomic mass is 16.2. The first-order chi connectivity index (χ1) is 7.54. The lowest BCUT2D eigenvalue weighted by atomic mass is 10.2. The lowest BCUT2D eigenvalue weighted by molar-refractivity contribution is 0.0773. The second-order valence-corrected chi connectivity index (χ2v) is 4.16. The number of carbonyl (C=O) groups excluding carboxylic acids is 1. The number of nitrogens with zero attached hydrogens (tertiary/aromatic N) is 2. The summed E-state index contributed by atoms with van der Waals surface area (Å²) in [5, 5.41) is 0. The van der Waals surface area contributed by atoms with Gasteiger partial charge in [-0.25, -0.2) is 4.98 Å². The van der Waals surface area contributed by atoms with Gasteiger partial charge in [0.05, 0.1) is 11.9 Å². The molecule has 0 unspecified atom stereocenters. The van der Waals surface area contributed by atoms with Crippen molar-refractivity contribution >= 4 is 11.6 Å². The van der Waals surface area contributed by atoms with Gasteiger partial charge in [-0.3, -0.25) is 10.6 Å². The summed E-state index contributed by atoms with van der Waals surface area (Å²) in [4.78, 5) is 17.6. The van der Waals surface area contributed by atoms with Crippen LogP contribution in [0.1, 0.15) is 24.3 Å². The van der Waals surface area contributed by atoms with Crippen LogP contribution in [0.15, 0.2) is 18.3 Å². The number of hydrogen-bond acceptors (Lipinski definition) is 4. The molecule has 0 radical (unpaired) electrons. The molecule has 1 aromatic rings. The van der Waals surface area contributed by atoms with E-state index < -0.39 is 0 Å². The van der Waals surface area contributed by atoms with Gasteiger partial charge in [-0.1, -0.05) is 13.8 Å². The number of hydrazine groups is 1. The second-order valence-electron chi connectivity index (χ2n) is 4.16. The Morgan fingerprint density at radius 1 is 1.56 bits per heavy atom. The molecule has 1 aromatic heterocycles. The largest absolute Gasteiger partial charge is 0.340 e. The maximum Gasteiger partial charge on any atom is 0.272 e. The molecule has 0 aliphatic rings. The standard InChI is InChI=1S/C11H18N4O/c1-8(2)7-15(3)11(16)10-5-4-9(14-12)6-13-10/h4-6,8,14H,7,12H2,1-3H3. The van der Waals surface area contributed by atoms with Crippen LogP contribution in [0, 0.1) is 5.92 Å². The van der Waals surface area contributed by atoms with E-state index in [9.17, 15) is 4.79 Å². The fourth-order valence-electron chi connectivity index (χ4n) is 1.43. The average Bonchev–Trinajstić information content (AvgIpc) is 2.27. The summed E-state index contributed by atoms with van der Waals surface area (Å²) in [6.45, 7) is 4.86. The van der Waals surface area contributed by atoms with Crippen LogP contribution in [-0.2, 0) is 0 Å².